The van der Waals surface area contributed by atoms with E-state index >= 15 is 0 Å². The van der Waals surface area contributed by atoms with E-state index in [0.717, 1.165) is 18.5 Å². The number of carbonyl (C=O) groups excluding carboxylic acids is 1. The van der Waals surface area contributed by atoms with Gasteiger partial charge in [-0.05, 0) is 41.5 Å². The molecule has 28 heavy (non-hydrogen) atoms. The zero-order valence-electron chi connectivity index (χ0n) is 15.3. The van der Waals surface area contributed by atoms with Gasteiger partial charge in [-0.1, -0.05) is 6.07 Å². The van der Waals surface area contributed by atoms with E-state index in [-0.39, 0.29) is 18.0 Å². The van der Waals surface area contributed by atoms with Crippen LogP contribution in [0.15, 0.2) is 42.9 Å². The lowest BCUT2D eigenvalue weighted by Crippen LogP contribution is -2.44. The molecule has 1 fully saturated rings. The van der Waals surface area contributed by atoms with Gasteiger partial charge in [-0.25, -0.2) is 9.67 Å². The second-order valence-corrected chi connectivity index (χ2v) is 6.32. The summed E-state index contributed by atoms with van der Waals surface area (Å²) in [5.41, 5.74) is 1.31. The molecule has 10 heteroatoms. The lowest BCUT2D eigenvalue weighted by molar-refractivity contribution is 0.0525. The fourth-order valence-electron chi connectivity index (χ4n) is 3.12. The Kier molecular flexibility index (Phi) is 5.09. The van der Waals surface area contributed by atoms with Crippen molar-refractivity contribution in [1.29, 1.82) is 0 Å². The van der Waals surface area contributed by atoms with E-state index < -0.39 is 0 Å². The van der Waals surface area contributed by atoms with Crippen LogP contribution in [0.25, 0.3) is 5.69 Å². The Bertz CT molecular complexity index is 948. The number of tetrazole rings is 1. The van der Waals surface area contributed by atoms with Crippen molar-refractivity contribution in [2.24, 2.45) is 0 Å². The molecule has 2 aromatic heterocycles. The summed E-state index contributed by atoms with van der Waals surface area (Å²) in [6.07, 6.45) is 4.63. The van der Waals surface area contributed by atoms with Gasteiger partial charge in [-0.2, -0.15) is 4.98 Å². The first-order chi connectivity index (χ1) is 13.7. The molecule has 4 rings (SSSR count). The molecule has 1 amide bonds. The highest BCUT2D eigenvalue weighted by molar-refractivity contribution is 5.94. The minimum absolute atomic E-state index is 0.0523. The molecule has 10 nitrogen and oxygen atoms in total. The molecule has 144 valence electrons. The maximum absolute atomic E-state index is 13.0. The van der Waals surface area contributed by atoms with Gasteiger partial charge in [-0.3, -0.25) is 4.79 Å². The van der Waals surface area contributed by atoms with Gasteiger partial charge in [0.05, 0.1) is 19.3 Å². The smallest absolute Gasteiger partial charge is 0.319 e. The van der Waals surface area contributed by atoms with E-state index in [4.69, 9.17) is 9.47 Å². The van der Waals surface area contributed by atoms with Gasteiger partial charge in [0.25, 0.3) is 5.91 Å². The lowest BCUT2D eigenvalue weighted by Gasteiger charge is -2.32. The SMILES string of the molecule is COc1nccc(OC2CCCN(C(=O)c3cccc(-n4cnnn4)c3)C2)n1. The third-order valence-electron chi connectivity index (χ3n) is 4.45. The summed E-state index contributed by atoms with van der Waals surface area (Å²) < 4.78 is 12.5. The Labute approximate surface area is 161 Å². The van der Waals surface area contributed by atoms with Gasteiger partial charge < -0.3 is 14.4 Å². The number of nitrogens with zero attached hydrogens (tertiary/aromatic N) is 7. The van der Waals surface area contributed by atoms with Gasteiger partial charge in [0.15, 0.2) is 0 Å². The van der Waals surface area contributed by atoms with Crippen molar-refractivity contribution in [1.82, 2.24) is 35.1 Å². The molecule has 0 bridgehead atoms. The van der Waals surface area contributed by atoms with Crippen LogP contribution in [0.3, 0.4) is 0 Å². The van der Waals surface area contributed by atoms with Crippen molar-refractivity contribution >= 4 is 5.91 Å². The normalized spacial score (nSPS) is 16.6. The zero-order chi connectivity index (χ0) is 19.3. The lowest BCUT2D eigenvalue weighted by atomic mass is 10.1. The molecule has 1 aliphatic heterocycles. The summed E-state index contributed by atoms with van der Waals surface area (Å²) in [6, 6.07) is 9.15. The summed E-state index contributed by atoms with van der Waals surface area (Å²) in [7, 11) is 1.50. The van der Waals surface area contributed by atoms with E-state index in [1.165, 1.54) is 18.1 Å². The van der Waals surface area contributed by atoms with E-state index in [0.29, 0.717) is 24.5 Å². The van der Waals surface area contributed by atoms with Gasteiger partial charge in [0, 0.05) is 24.4 Å². The minimum Gasteiger partial charge on any atom is -0.472 e. The standard InChI is InChI=1S/C18H19N7O3/c1-27-18-19-8-7-16(21-18)28-15-6-3-9-24(11-15)17(26)13-4-2-5-14(10-13)25-12-20-22-23-25/h2,4-5,7-8,10,12,15H,3,6,9,11H2,1H3. The Morgan fingerprint density at radius 2 is 2.21 bits per heavy atom. The molecule has 3 aromatic rings. The Morgan fingerprint density at radius 1 is 1.29 bits per heavy atom. The zero-order valence-corrected chi connectivity index (χ0v) is 15.3. The summed E-state index contributed by atoms with van der Waals surface area (Å²) in [6.45, 7) is 1.17. The Balaban J connectivity index is 1.45. The number of rotatable bonds is 5. The van der Waals surface area contributed by atoms with Crippen LogP contribution < -0.4 is 9.47 Å². The molecule has 0 aliphatic carbocycles. The number of benzene rings is 1. The van der Waals surface area contributed by atoms with Crippen LogP contribution >= 0.6 is 0 Å². The maximum Gasteiger partial charge on any atom is 0.319 e. The van der Waals surface area contributed by atoms with Crippen LogP contribution in [-0.2, 0) is 0 Å². The van der Waals surface area contributed by atoms with Crippen LogP contribution in [0.4, 0.5) is 0 Å². The maximum atomic E-state index is 13.0. The average Bonchev–Trinajstić information content (AvgIpc) is 3.29. The quantitative estimate of drug-likeness (QED) is 0.647. The van der Waals surface area contributed by atoms with Crippen molar-refractivity contribution in [3.63, 3.8) is 0 Å². The highest BCUT2D eigenvalue weighted by Gasteiger charge is 2.26. The first kappa shape index (κ1) is 17.8. The fourth-order valence-corrected chi connectivity index (χ4v) is 3.12. The molecule has 0 saturated carbocycles. The number of piperidine rings is 1. The molecule has 1 saturated heterocycles. The number of amides is 1. The second-order valence-electron chi connectivity index (χ2n) is 6.32. The third-order valence-corrected chi connectivity index (χ3v) is 4.45. The highest BCUT2D eigenvalue weighted by Crippen LogP contribution is 2.20. The molecule has 1 atom stereocenters. The third kappa shape index (κ3) is 3.90. The molecule has 1 aliphatic rings. The largest absolute Gasteiger partial charge is 0.472 e. The number of hydrogen-bond acceptors (Lipinski definition) is 8. The summed E-state index contributed by atoms with van der Waals surface area (Å²) in [5.74, 6) is 0.385. The summed E-state index contributed by atoms with van der Waals surface area (Å²) in [5, 5.41) is 11.1. The number of carbonyl (C=O) groups is 1. The van der Waals surface area contributed by atoms with Crippen molar-refractivity contribution in [3.05, 3.63) is 48.4 Å². The van der Waals surface area contributed by atoms with Crippen LogP contribution in [-0.4, -0.2) is 67.3 Å². The van der Waals surface area contributed by atoms with Crippen LogP contribution in [0.5, 0.6) is 11.9 Å². The van der Waals surface area contributed by atoms with Crippen molar-refractivity contribution in [2.75, 3.05) is 20.2 Å². The van der Waals surface area contributed by atoms with Crippen LogP contribution in [0.2, 0.25) is 0 Å². The van der Waals surface area contributed by atoms with Crippen molar-refractivity contribution in [3.8, 4) is 17.6 Å². The monoisotopic (exact) mass is 381 g/mol. The van der Waals surface area contributed by atoms with Gasteiger partial charge in [0.1, 0.15) is 12.4 Å². The number of methoxy groups -OCH3 is 1. The van der Waals surface area contributed by atoms with E-state index in [1.807, 2.05) is 12.1 Å². The molecule has 0 spiro atoms. The number of aromatic nitrogens is 6. The van der Waals surface area contributed by atoms with E-state index in [1.54, 1.807) is 29.3 Å². The molecule has 1 unspecified atom stereocenters. The van der Waals surface area contributed by atoms with Crippen LogP contribution in [0, 0.1) is 0 Å². The molecule has 0 N–H and O–H groups in total. The van der Waals surface area contributed by atoms with Crippen molar-refractivity contribution in [2.45, 2.75) is 18.9 Å². The fraction of sp³-hybridized carbons (Fsp3) is 0.333. The minimum atomic E-state index is -0.139. The highest BCUT2D eigenvalue weighted by atomic mass is 16.5. The predicted molar refractivity (Wildman–Crippen MR) is 97.3 cm³/mol. The van der Waals surface area contributed by atoms with E-state index in [9.17, 15) is 4.79 Å². The molecule has 0 radical (unpaired) electrons. The van der Waals surface area contributed by atoms with Crippen LogP contribution in [0.1, 0.15) is 23.2 Å². The first-order valence-electron chi connectivity index (χ1n) is 8.89. The summed E-state index contributed by atoms with van der Waals surface area (Å²) >= 11 is 0. The Morgan fingerprint density at radius 3 is 3.04 bits per heavy atom. The number of ether oxygens (including phenoxy) is 2. The first-order valence-corrected chi connectivity index (χ1v) is 8.89. The van der Waals surface area contributed by atoms with Gasteiger partial charge in [0.2, 0.25) is 5.88 Å². The predicted octanol–water partition coefficient (Wildman–Crippen LogP) is 1.14. The van der Waals surface area contributed by atoms with Gasteiger partial charge >= 0.3 is 6.01 Å². The molecule has 1 aromatic carbocycles. The Hall–Kier alpha value is -3.56. The van der Waals surface area contributed by atoms with Crippen molar-refractivity contribution < 1.29 is 14.3 Å². The van der Waals surface area contributed by atoms with Gasteiger partial charge in [-0.15, -0.1) is 5.10 Å². The second kappa shape index (κ2) is 7.99. The number of hydrogen-bond donors (Lipinski definition) is 0. The number of likely N-dealkylation sites (tertiary alicyclic amines) is 1. The summed E-state index contributed by atoms with van der Waals surface area (Å²) in [4.78, 5) is 22.9. The molecule has 3 heterocycles. The molecular formula is C18H19N7O3. The van der Waals surface area contributed by atoms with E-state index in [2.05, 4.69) is 25.5 Å². The topological polar surface area (TPSA) is 108 Å². The average molecular weight is 381 g/mol. The molecular weight excluding hydrogens is 362 g/mol.